The van der Waals surface area contributed by atoms with E-state index in [0.717, 1.165) is 11.3 Å². The largest absolute Gasteiger partial charge is 0.277 e. The lowest BCUT2D eigenvalue weighted by Crippen LogP contribution is -2.06. The van der Waals surface area contributed by atoms with Crippen LogP contribution in [0.4, 0.5) is 0 Å². The van der Waals surface area contributed by atoms with E-state index in [-0.39, 0.29) is 5.25 Å². The standard InChI is InChI=1S/C18H15ClN4S/c1-13-5-7-14(8-6-13)9-17(11-20)24-18-22-21-12-23(18)16-4-2-3-15(19)10-16/h2-8,10,12,17H,9H2,1H3. The minimum Gasteiger partial charge on any atom is -0.277 e. The lowest BCUT2D eigenvalue weighted by molar-refractivity contribution is 0.875. The third-order valence-corrected chi connectivity index (χ3v) is 4.82. The van der Waals surface area contributed by atoms with Crippen LogP contribution in [0, 0.1) is 18.3 Å². The van der Waals surface area contributed by atoms with E-state index in [1.807, 2.05) is 35.8 Å². The van der Waals surface area contributed by atoms with Crippen molar-refractivity contribution in [3.8, 4) is 11.8 Å². The minimum atomic E-state index is -0.241. The molecule has 1 aromatic heterocycles. The van der Waals surface area contributed by atoms with Gasteiger partial charge in [-0.15, -0.1) is 10.2 Å². The zero-order valence-electron chi connectivity index (χ0n) is 13.1. The van der Waals surface area contributed by atoms with Gasteiger partial charge in [0.15, 0.2) is 5.16 Å². The Hall–Kier alpha value is -2.29. The van der Waals surface area contributed by atoms with E-state index in [1.165, 1.54) is 17.3 Å². The van der Waals surface area contributed by atoms with Crippen molar-refractivity contribution in [1.82, 2.24) is 14.8 Å². The second kappa shape index (κ2) is 7.52. The van der Waals surface area contributed by atoms with E-state index < -0.39 is 0 Å². The Kier molecular flexibility index (Phi) is 5.19. The van der Waals surface area contributed by atoms with Crippen molar-refractivity contribution in [2.75, 3.05) is 0 Å². The van der Waals surface area contributed by atoms with Crippen LogP contribution in [-0.4, -0.2) is 20.0 Å². The normalized spacial score (nSPS) is 11.9. The Morgan fingerprint density at radius 2 is 2.04 bits per heavy atom. The third kappa shape index (κ3) is 3.97. The molecule has 120 valence electrons. The topological polar surface area (TPSA) is 54.5 Å². The molecule has 6 heteroatoms. The molecule has 3 aromatic rings. The first-order chi connectivity index (χ1) is 11.7. The van der Waals surface area contributed by atoms with Gasteiger partial charge in [0.25, 0.3) is 0 Å². The van der Waals surface area contributed by atoms with Crippen LogP contribution in [0.3, 0.4) is 0 Å². The van der Waals surface area contributed by atoms with Gasteiger partial charge in [-0.1, -0.05) is 59.3 Å². The van der Waals surface area contributed by atoms with Gasteiger partial charge in [-0.2, -0.15) is 5.26 Å². The molecule has 0 spiro atoms. The molecular weight excluding hydrogens is 340 g/mol. The summed E-state index contributed by atoms with van der Waals surface area (Å²) in [6.45, 7) is 2.05. The molecule has 0 aliphatic carbocycles. The van der Waals surface area contributed by atoms with Crippen LogP contribution in [-0.2, 0) is 6.42 Å². The quantitative estimate of drug-likeness (QED) is 0.635. The highest BCUT2D eigenvalue weighted by atomic mass is 35.5. The first kappa shape index (κ1) is 16.6. The lowest BCUT2D eigenvalue weighted by atomic mass is 10.1. The summed E-state index contributed by atoms with van der Waals surface area (Å²) < 4.78 is 1.84. The predicted octanol–water partition coefficient (Wildman–Crippen LogP) is 4.46. The molecule has 0 amide bonds. The number of thioether (sulfide) groups is 1. The molecule has 1 atom stereocenters. The Bertz CT molecular complexity index is 867. The minimum absolute atomic E-state index is 0.241. The monoisotopic (exact) mass is 354 g/mol. The van der Waals surface area contributed by atoms with Gasteiger partial charge in [0.1, 0.15) is 11.6 Å². The molecule has 0 saturated heterocycles. The summed E-state index contributed by atoms with van der Waals surface area (Å²) >= 11 is 7.46. The summed E-state index contributed by atoms with van der Waals surface area (Å²) in [5.74, 6) is 0. The zero-order chi connectivity index (χ0) is 16.9. The highest BCUT2D eigenvalue weighted by Gasteiger charge is 2.16. The van der Waals surface area contributed by atoms with Gasteiger partial charge in [0.05, 0.1) is 11.8 Å². The van der Waals surface area contributed by atoms with Gasteiger partial charge in [-0.3, -0.25) is 4.57 Å². The number of nitrogens with zero attached hydrogens (tertiary/aromatic N) is 4. The molecule has 0 fully saturated rings. The molecule has 0 aliphatic heterocycles. The summed E-state index contributed by atoms with van der Waals surface area (Å²) in [4.78, 5) is 0. The number of halogens is 1. The van der Waals surface area contributed by atoms with Gasteiger partial charge in [0, 0.05) is 5.02 Å². The van der Waals surface area contributed by atoms with E-state index in [1.54, 1.807) is 6.33 Å². The summed E-state index contributed by atoms with van der Waals surface area (Å²) in [7, 11) is 0. The fraction of sp³-hybridized carbons (Fsp3) is 0.167. The van der Waals surface area contributed by atoms with Crippen LogP contribution in [0.1, 0.15) is 11.1 Å². The first-order valence-corrected chi connectivity index (χ1v) is 8.69. The molecule has 0 N–H and O–H groups in total. The molecule has 24 heavy (non-hydrogen) atoms. The lowest BCUT2D eigenvalue weighted by Gasteiger charge is -2.10. The Balaban J connectivity index is 1.79. The van der Waals surface area contributed by atoms with Crippen molar-refractivity contribution < 1.29 is 0 Å². The number of benzene rings is 2. The second-order valence-electron chi connectivity index (χ2n) is 5.39. The number of hydrogen-bond acceptors (Lipinski definition) is 4. The first-order valence-electron chi connectivity index (χ1n) is 7.43. The molecule has 4 nitrogen and oxygen atoms in total. The van der Waals surface area contributed by atoms with Crippen molar-refractivity contribution in [1.29, 1.82) is 5.26 Å². The van der Waals surface area contributed by atoms with E-state index in [0.29, 0.717) is 16.6 Å². The van der Waals surface area contributed by atoms with Gasteiger partial charge in [-0.05, 0) is 37.1 Å². The van der Waals surface area contributed by atoms with Crippen molar-refractivity contribution in [3.05, 3.63) is 71.0 Å². The average molecular weight is 355 g/mol. The number of rotatable bonds is 5. The number of hydrogen-bond donors (Lipinski definition) is 0. The number of nitriles is 1. The van der Waals surface area contributed by atoms with Crippen molar-refractivity contribution in [3.63, 3.8) is 0 Å². The molecular formula is C18H15ClN4S. The SMILES string of the molecule is Cc1ccc(CC(C#N)Sc2nncn2-c2cccc(Cl)c2)cc1. The summed E-state index contributed by atoms with van der Waals surface area (Å²) in [5, 5.41) is 18.7. The molecule has 0 radical (unpaired) electrons. The maximum atomic E-state index is 9.50. The Morgan fingerprint density at radius 1 is 1.25 bits per heavy atom. The molecule has 0 saturated carbocycles. The highest BCUT2D eigenvalue weighted by Crippen LogP contribution is 2.26. The van der Waals surface area contributed by atoms with Crippen LogP contribution in [0.2, 0.25) is 5.02 Å². The summed E-state index contributed by atoms with van der Waals surface area (Å²) in [6.07, 6.45) is 2.29. The van der Waals surface area contributed by atoms with Crippen molar-refractivity contribution in [2.45, 2.75) is 23.8 Å². The molecule has 3 rings (SSSR count). The summed E-state index contributed by atoms with van der Waals surface area (Å²) in [5.41, 5.74) is 3.22. The van der Waals surface area contributed by atoms with Crippen LogP contribution < -0.4 is 0 Å². The average Bonchev–Trinajstić information content (AvgIpc) is 3.04. The Labute approximate surface area is 150 Å². The number of aromatic nitrogens is 3. The smallest absolute Gasteiger partial charge is 0.196 e. The van der Waals surface area contributed by atoms with E-state index in [2.05, 4.69) is 40.5 Å². The van der Waals surface area contributed by atoms with Crippen LogP contribution >= 0.6 is 23.4 Å². The van der Waals surface area contributed by atoms with Crippen molar-refractivity contribution in [2.24, 2.45) is 0 Å². The van der Waals surface area contributed by atoms with Gasteiger partial charge >= 0.3 is 0 Å². The van der Waals surface area contributed by atoms with E-state index in [4.69, 9.17) is 11.6 Å². The van der Waals surface area contributed by atoms with Crippen molar-refractivity contribution >= 4 is 23.4 Å². The molecule has 1 unspecified atom stereocenters. The van der Waals surface area contributed by atoms with Crippen LogP contribution in [0.25, 0.3) is 5.69 Å². The predicted molar refractivity (Wildman–Crippen MR) is 96.5 cm³/mol. The Morgan fingerprint density at radius 3 is 2.75 bits per heavy atom. The van der Waals surface area contributed by atoms with Crippen LogP contribution in [0.15, 0.2) is 60.0 Å². The van der Waals surface area contributed by atoms with Crippen LogP contribution in [0.5, 0.6) is 0 Å². The van der Waals surface area contributed by atoms with Gasteiger partial charge in [-0.25, -0.2) is 0 Å². The molecule has 2 aromatic carbocycles. The highest BCUT2D eigenvalue weighted by molar-refractivity contribution is 8.00. The second-order valence-corrected chi connectivity index (χ2v) is 7.00. The molecule has 0 bridgehead atoms. The fourth-order valence-electron chi connectivity index (χ4n) is 2.29. The summed E-state index contributed by atoms with van der Waals surface area (Å²) in [6, 6.07) is 18.0. The third-order valence-electron chi connectivity index (χ3n) is 3.54. The molecule has 0 aliphatic rings. The van der Waals surface area contributed by atoms with Gasteiger partial charge < -0.3 is 0 Å². The van der Waals surface area contributed by atoms with Gasteiger partial charge in [0.2, 0.25) is 0 Å². The zero-order valence-corrected chi connectivity index (χ0v) is 14.6. The number of aryl methyl sites for hydroxylation is 1. The maximum absolute atomic E-state index is 9.50. The maximum Gasteiger partial charge on any atom is 0.196 e. The van der Waals surface area contributed by atoms with E-state index >= 15 is 0 Å². The van der Waals surface area contributed by atoms with E-state index in [9.17, 15) is 5.26 Å². The molecule has 1 heterocycles. The fourth-order valence-corrected chi connectivity index (χ4v) is 3.41.